The number of ether oxygens (including phenoxy) is 2. The summed E-state index contributed by atoms with van der Waals surface area (Å²) in [6.07, 6.45) is 5.85. The summed E-state index contributed by atoms with van der Waals surface area (Å²) in [7, 11) is 0. The Labute approximate surface area is 101 Å². The summed E-state index contributed by atoms with van der Waals surface area (Å²) >= 11 is 0. The molecule has 2 atom stereocenters. The van der Waals surface area contributed by atoms with Crippen molar-refractivity contribution in [1.29, 1.82) is 0 Å². The van der Waals surface area contributed by atoms with E-state index in [2.05, 4.69) is 23.7 Å². The molecule has 1 spiro atoms. The lowest BCUT2D eigenvalue weighted by Crippen LogP contribution is -2.37. The molecule has 0 aliphatic carbocycles. The molecule has 0 saturated carbocycles. The maximum Gasteiger partial charge on any atom is 0.239 e. The summed E-state index contributed by atoms with van der Waals surface area (Å²) in [5.41, 5.74) is 0. The molecule has 2 unspecified atom stereocenters. The van der Waals surface area contributed by atoms with Crippen LogP contribution < -0.4 is 0 Å². The van der Waals surface area contributed by atoms with Gasteiger partial charge in [-0.3, -0.25) is 4.79 Å². The molecule has 2 aliphatic rings. The van der Waals surface area contributed by atoms with Gasteiger partial charge in [-0.1, -0.05) is 5.92 Å². The first-order chi connectivity index (χ1) is 8.26. The molecule has 2 heterocycles. The van der Waals surface area contributed by atoms with E-state index < -0.39 is 11.9 Å². The first-order valence-corrected chi connectivity index (χ1v) is 5.73. The van der Waals surface area contributed by atoms with Crippen molar-refractivity contribution in [3.8, 4) is 23.7 Å². The molecule has 0 aromatic carbocycles. The molecule has 17 heavy (non-hydrogen) atoms. The predicted octanol–water partition coefficient (Wildman–Crippen LogP) is 1.43. The van der Waals surface area contributed by atoms with E-state index in [1.807, 2.05) is 6.08 Å². The van der Waals surface area contributed by atoms with Crippen LogP contribution in [0, 0.1) is 23.7 Å². The van der Waals surface area contributed by atoms with Crippen LogP contribution in [0.25, 0.3) is 0 Å². The highest BCUT2D eigenvalue weighted by Crippen LogP contribution is 2.33. The van der Waals surface area contributed by atoms with Crippen LogP contribution in [-0.2, 0) is 14.3 Å². The lowest BCUT2D eigenvalue weighted by Gasteiger charge is -2.32. The number of ketones is 1. The zero-order chi connectivity index (χ0) is 12.1. The Bertz CT molecular complexity index is 447. The summed E-state index contributed by atoms with van der Waals surface area (Å²) in [5, 5.41) is 0. The predicted molar refractivity (Wildman–Crippen MR) is 62.8 cm³/mol. The second-order valence-corrected chi connectivity index (χ2v) is 4.00. The van der Waals surface area contributed by atoms with Crippen LogP contribution in [0.4, 0.5) is 0 Å². The van der Waals surface area contributed by atoms with Gasteiger partial charge >= 0.3 is 0 Å². The van der Waals surface area contributed by atoms with E-state index in [0.29, 0.717) is 6.61 Å². The molecule has 0 amide bonds. The van der Waals surface area contributed by atoms with Crippen LogP contribution in [-0.4, -0.2) is 24.3 Å². The van der Waals surface area contributed by atoms with Gasteiger partial charge in [0.05, 0.1) is 6.61 Å². The van der Waals surface area contributed by atoms with Crippen LogP contribution in [0.1, 0.15) is 26.2 Å². The quantitative estimate of drug-likeness (QED) is 0.388. The fraction of sp³-hybridized carbons (Fsp3) is 0.500. The third kappa shape index (κ3) is 2.77. The van der Waals surface area contributed by atoms with Gasteiger partial charge in [-0.05, 0) is 49.7 Å². The van der Waals surface area contributed by atoms with Gasteiger partial charge in [0.25, 0.3) is 0 Å². The number of carbonyl (C=O) groups is 1. The highest BCUT2D eigenvalue weighted by Gasteiger charge is 2.40. The van der Waals surface area contributed by atoms with E-state index in [9.17, 15) is 4.79 Å². The van der Waals surface area contributed by atoms with Crippen LogP contribution in [0.15, 0.2) is 12.2 Å². The number of Topliss-reactive ketones (excluding diaryl/α,β-unsaturated/α-hetero) is 1. The Morgan fingerprint density at radius 2 is 2.29 bits per heavy atom. The molecule has 3 nitrogen and oxygen atoms in total. The van der Waals surface area contributed by atoms with E-state index in [4.69, 9.17) is 9.47 Å². The summed E-state index contributed by atoms with van der Waals surface area (Å²) < 4.78 is 11.2. The molecule has 0 N–H and O–H groups in total. The molecular weight excluding hydrogens is 216 g/mol. The molecule has 1 saturated heterocycles. The Morgan fingerprint density at radius 1 is 1.41 bits per heavy atom. The van der Waals surface area contributed by atoms with Gasteiger partial charge in [0.15, 0.2) is 11.9 Å². The SMILES string of the molecule is CC#CC#CC(=O)C1C=CC2(CCCCO2)O1. The lowest BCUT2D eigenvalue weighted by molar-refractivity contribution is -0.223. The van der Waals surface area contributed by atoms with E-state index in [0.717, 1.165) is 19.3 Å². The maximum atomic E-state index is 11.7. The fourth-order valence-corrected chi connectivity index (χ4v) is 1.91. The molecule has 2 rings (SSSR count). The van der Waals surface area contributed by atoms with Crippen LogP contribution in [0.3, 0.4) is 0 Å². The van der Waals surface area contributed by atoms with Crippen LogP contribution >= 0.6 is 0 Å². The summed E-state index contributed by atoms with van der Waals surface area (Å²) in [4.78, 5) is 11.7. The zero-order valence-corrected chi connectivity index (χ0v) is 9.79. The standard InChI is InChI=1S/C14H14O3/c1-2-3-4-7-12(15)13-8-10-14(17-13)9-5-6-11-16-14/h8,10,13H,5-6,9,11H2,1H3. The monoisotopic (exact) mass is 230 g/mol. The topological polar surface area (TPSA) is 35.5 Å². The Morgan fingerprint density at radius 3 is 3.00 bits per heavy atom. The van der Waals surface area contributed by atoms with Crippen molar-refractivity contribution < 1.29 is 14.3 Å². The van der Waals surface area contributed by atoms with Gasteiger partial charge < -0.3 is 9.47 Å². The highest BCUT2D eigenvalue weighted by atomic mass is 16.7. The van der Waals surface area contributed by atoms with Gasteiger partial charge in [0.2, 0.25) is 5.78 Å². The minimum atomic E-state index is -0.684. The van der Waals surface area contributed by atoms with Crippen molar-refractivity contribution in [2.75, 3.05) is 6.61 Å². The first-order valence-electron chi connectivity index (χ1n) is 5.73. The van der Waals surface area contributed by atoms with Gasteiger partial charge in [-0.25, -0.2) is 0 Å². The van der Waals surface area contributed by atoms with Crippen molar-refractivity contribution >= 4 is 5.78 Å². The minimum Gasteiger partial charge on any atom is -0.346 e. The second kappa shape index (κ2) is 5.19. The second-order valence-electron chi connectivity index (χ2n) is 4.00. The van der Waals surface area contributed by atoms with Crippen molar-refractivity contribution in [3.05, 3.63) is 12.2 Å². The minimum absolute atomic E-state index is 0.268. The largest absolute Gasteiger partial charge is 0.346 e. The number of hydrogen-bond acceptors (Lipinski definition) is 3. The Balaban J connectivity index is 1.98. The van der Waals surface area contributed by atoms with Crippen molar-refractivity contribution in [2.45, 2.75) is 38.1 Å². The van der Waals surface area contributed by atoms with Gasteiger partial charge in [0.1, 0.15) is 0 Å². The van der Waals surface area contributed by atoms with Crippen molar-refractivity contribution in [3.63, 3.8) is 0 Å². The summed E-state index contributed by atoms with van der Waals surface area (Å²) in [5.74, 6) is 9.13. The molecular formula is C14H14O3. The molecule has 0 bridgehead atoms. The third-order valence-corrected chi connectivity index (χ3v) is 2.75. The smallest absolute Gasteiger partial charge is 0.239 e. The fourth-order valence-electron chi connectivity index (χ4n) is 1.91. The van der Waals surface area contributed by atoms with Crippen LogP contribution in [0.2, 0.25) is 0 Å². The highest BCUT2D eigenvalue weighted by molar-refractivity contribution is 6.01. The van der Waals surface area contributed by atoms with Crippen molar-refractivity contribution in [1.82, 2.24) is 0 Å². The van der Waals surface area contributed by atoms with Gasteiger partial charge in [-0.15, -0.1) is 0 Å². The zero-order valence-electron chi connectivity index (χ0n) is 9.79. The van der Waals surface area contributed by atoms with E-state index >= 15 is 0 Å². The summed E-state index contributed by atoms with van der Waals surface area (Å²) in [6, 6.07) is 0. The normalized spacial score (nSPS) is 30.3. The number of rotatable bonds is 1. The lowest BCUT2D eigenvalue weighted by atomic mass is 10.1. The number of hydrogen-bond donors (Lipinski definition) is 0. The number of carbonyl (C=O) groups excluding carboxylic acids is 1. The van der Waals surface area contributed by atoms with E-state index in [1.54, 1.807) is 13.0 Å². The molecule has 88 valence electrons. The Hall–Kier alpha value is -1.55. The van der Waals surface area contributed by atoms with Gasteiger partial charge in [-0.2, -0.15) is 0 Å². The average molecular weight is 230 g/mol. The van der Waals surface area contributed by atoms with Crippen molar-refractivity contribution in [2.24, 2.45) is 0 Å². The van der Waals surface area contributed by atoms with Gasteiger partial charge in [0, 0.05) is 6.42 Å². The third-order valence-electron chi connectivity index (χ3n) is 2.75. The molecule has 0 radical (unpaired) electrons. The molecule has 3 heteroatoms. The summed E-state index contributed by atoms with van der Waals surface area (Å²) in [6.45, 7) is 2.36. The molecule has 0 aromatic heterocycles. The first kappa shape index (κ1) is 11.9. The van der Waals surface area contributed by atoms with Crippen LogP contribution in [0.5, 0.6) is 0 Å². The average Bonchev–Trinajstić information content (AvgIpc) is 2.74. The molecule has 0 aromatic rings. The van der Waals surface area contributed by atoms with E-state index in [1.165, 1.54) is 0 Å². The van der Waals surface area contributed by atoms with E-state index in [-0.39, 0.29) is 5.78 Å². The Kier molecular flexibility index (Phi) is 3.64. The maximum absolute atomic E-state index is 11.7. The molecule has 1 fully saturated rings. The molecule has 2 aliphatic heterocycles.